The van der Waals surface area contributed by atoms with Crippen molar-refractivity contribution in [3.63, 3.8) is 0 Å². The highest BCUT2D eigenvalue weighted by Gasteiger charge is 2.26. The van der Waals surface area contributed by atoms with Gasteiger partial charge in [0.05, 0.1) is 17.4 Å². The van der Waals surface area contributed by atoms with Crippen molar-refractivity contribution >= 4 is 27.8 Å². The molecule has 0 spiro atoms. The second-order valence-corrected chi connectivity index (χ2v) is 6.43. The molecule has 0 unspecified atom stereocenters. The monoisotopic (exact) mass is 288 g/mol. The molecule has 2 aromatic heterocycles. The zero-order chi connectivity index (χ0) is 14.8. The van der Waals surface area contributed by atoms with Gasteiger partial charge in [-0.05, 0) is 18.1 Å². The maximum Gasteiger partial charge on any atom is 0.151 e. The van der Waals surface area contributed by atoms with E-state index in [2.05, 4.69) is 36.8 Å². The Balaban J connectivity index is 2.50. The predicted molar refractivity (Wildman–Crippen MR) is 86.3 cm³/mol. The number of rotatable bonds is 4. The topological polar surface area (TPSA) is 75.7 Å². The number of pyridine rings is 2. The van der Waals surface area contributed by atoms with Gasteiger partial charge in [-0.15, -0.1) is 0 Å². The molecule has 2 aromatic rings. The highest BCUT2D eigenvalue weighted by atomic mass is 32.2. The van der Waals surface area contributed by atoms with Crippen LogP contribution in [0.3, 0.4) is 0 Å². The Kier molecular flexibility index (Phi) is 4.28. The number of amidine groups is 1. The van der Waals surface area contributed by atoms with Gasteiger partial charge in [-0.25, -0.2) is 0 Å². The van der Waals surface area contributed by atoms with Crippen molar-refractivity contribution in [2.24, 2.45) is 5.73 Å². The van der Waals surface area contributed by atoms with Crippen molar-refractivity contribution in [1.82, 2.24) is 9.97 Å². The molecule has 4 nitrogen and oxygen atoms in total. The normalized spacial score (nSPS) is 11.8. The molecule has 0 aromatic carbocycles. The molecule has 2 heterocycles. The van der Waals surface area contributed by atoms with E-state index in [-0.39, 0.29) is 10.6 Å². The van der Waals surface area contributed by atoms with E-state index in [1.54, 1.807) is 6.20 Å². The van der Waals surface area contributed by atoms with E-state index in [1.165, 1.54) is 22.7 Å². The van der Waals surface area contributed by atoms with Crippen molar-refractivity contribution in [3.8, 4) is 0 Å². The molecule has 3 N–H and O–H groups in total. The van der Waals surface area contributed by atoms with E-state index in [0.29, 0.717) is 0 Å². The molecule has 0 aliphatic rings. The lowest BCUT2D eigenvalue weighted by Gasteiger charge is -2.26. The molecule has 0 amide bonds. The van der Waals surface area contributed by atoms with Crippen LogP contribution in [0.1, 0.15) is 32.0 Å². The molecule has 0 saturated heterocycles. The minimum Gasteiger partial charge on any atom is -0.379 e. The molecule has 106 valence electrons. The molecule has 0 aliphatic carbocycles. The third-order valence-corrected chi connectivity index (χ3v) is 4.53. The van der Waals surface area contributed by atoms with Gasteiger partial charge in [0.25, 0.3) is 0 Å². The number of nitrogens with zero attached hydrogens (tertiary/aromatic N) is 2. The largest absolute Gasteiger partial charge is 0.379 e. The Morgan fingerprint density at radius 1 is 1.40 bits per heavy atom. The molecule has 0 saturated carbocycles. The van der Waals surface area contributed by atoms with Gasteiger partial charge >= 0.3 is 0 Å². The van der Waals surface area contributed by atoms with Crippen LogP contribution in [0.2, 0.25) is 0 Å². The fourth-order valence-electron chi connectivity index (χ4n) is 2.37. The van der Waals surface area contributed by atoms with Crippen molar-refractivity contribution in [3.05, 3.63) is 35.8 Å². The average Bonchev–Trinajstić information content (AvgIpc) is 2.44. The van der Waals surface area contributed by atoms with Crippen LogP contribution in [-0.2, 0) is 11.8 Å². The molecule has 0 radical (unpaired) electrons. The zero-order valence-corrected chi connectivity index (χ0v) is 12.9. The van der Waals surface area contributed by atoms with E-state index < -0.39 is 0 Å². The van der Waals surface area contributed by atoms with Gasteiger partial charge in [0.1, 0.15) is 0 Å². The lowest BCUT2D eigenvalue weighted by atomic mass is 9.86. The van der Waals surface area contributed by atoms with Crippen LogP contribution in [-0.4, -0.2) is 20.9 Å². The Hall–Kier alpha value is -1.62. The Morgan fingerprint density at radius 3 is 2.80 bits per heavy atom. The molecule has 20 heavy (non-hydrogen) atoms. The number of aryl methyl sites for hydroxylation is 1. The average molecular weight is 288 g/mol. The number of fused-ring (bicyclic) bond motifs is 1. The summed E-state index contributed by atoms with van der Waals surface area (Å²) in [6.45, 7) is 6.43. The number of nitrogens with two attached hydrogens (primary N) is 1. The van der Waals surface area contributed by atoms with Crippen LogP contribution in [0, 0.1) is 5.41 Å². The van der Waals surface area contributed by atoms with Crippen LogP contribution in [0.4, 0.5) is 0 Å². The van der Waals surface area contributed by atoms with Gasteiger partial charge in [-0.2, -0.15) is 0 Å². The van der Waals surface area contributed by atoms with Crippen LogP contribution < -0.4 is 5.73 Å². The molecule has 0 fully saturated rings. The highest BCUT2D eigenvalue weighted by Crippen LogP contribution is 2.32. The van der Waals surface area contributed by atoms with Crippen molar-refractivity contribution in [2.75, 3.05) is 5.75 Å². The smallest absolute Gasteiger partial charge is 0.151 e. The third-order valence-electron chi connectivity index (χ3n) is 3.35. The lowest BCUT2D eigenvalue weighted by Crippen LogP contribution is -2.26. The molecule has 0 bridgehead atoms. The number of aromatic nitrogens is 2. The fourth-order valence-corrected chi connectivity index (χ4v) is 3.03. The summed E-state index contributed by atoms with van der Waals surface area (Å²) in [6, 6.07) is 4.06. The first-order valence-corrected chi connectivity index (χ1v) is 7.64. The minimum absolute atomic E-state index is 0.133. The summed E-state index contributed by atoms with van der Waals surface area (Å²) >= 11 is 1.36. The van der Waals surface area contributed by atoms with E-state index in [1.807, 2.05) is 12.3 Å². The van der Waals surface area contributed by atoms with Crippen LogP contribution in [0.5, 0.6) is 0 Å². The number of hydrogen-bond donors (Lipinski definition) is 2. The summed E-state index contributed by atoms with van der Waals surface area (Å²) in [5.74, 6) is 0.744. The van der Waals surface area contributed by atoms with Gasteiger partial charge in [0, 0.05) is 22.8 Å². The standard InChI is InChI=1S/C15H20N4S/c1-4-10-11-6-5-7-18-12(11)8-19-13(10)15(2,3)9-20-14(16)17/h5-8H,4,9H2,1-3H3,(H3,16,17). The molecular weight excluding hydrogens is 268 g/mol. The van der Waals surface area contributed by atoms with Crippen LogP contribution in [0.15, 0.2) is 24.5 Å². The van der Waals surface area contributed by atoms with Crippen molar-refractivity contribution in [1.29, 1.82) is 5.41 Å². The molecule has 0 aliphatic heterocycles. The quantitative estimate of drug-likeness (QED) is 0.669. The second-order valence-electron chi connectivity index (χ2n) is 5.41. The molecule has 0 atom stereocenters. The number of hydrogen-bond acceptors (Lipinski definition) is 4. The van der Waals surface area contributed by atoms with E-state index >= 15 is 0 Å². The first-order valence-electron chi connectivity index (χ1n) is 6.65. The summed E-state index contributed by atoms with van der Waals surface area (Å²) in [6.07, 6.45) is 4.55. The van der Waals surface area contributed by atoms with Crippen LogP contribution in [0.25, 0.3) is 10.9 Å². The highest BCUT2D eigenvalue weighted by molar-refractivity contribution is 8.13. The van der Waals surface area contributed by atoms with E-state index in [4.69, 9.17) is 11.1 Å². The zero-order valence-electron chi connectivity index (χ0n) is 12.1. The van der Waals surface area contributed by atoms with Crippen molar-refractivity contribution in [2.45, 2.75) is 32.6 Å². The summed E-state index contributed by atoms with van der Waals surface area (Å²) in [5.41, 5.74) is 8.57. The summed E-state index contributed by atoms with van der Waals surface area (Å²) in [5, 5.41) is 8.70. The Bertz CT molecular complexity index is 637. The fraction of sp³-hybridized carbons (Fsp3) is 0.400. The first kappa shape index (κ1) is 14.8. The molecular formula is C15H20N4S. The predicted octanol–water partition coefficient (Wildman–Crippen LogP) is 3.10. The van der Waals surface area contributed by atoms with Gasteiger partial charge < -0.3 is 5.73 Å². The van der Waals surface area contributed by atoms with Gasteiger partial charge in [-0.1, -0.05) is 38.6 Å². The molecule has 5 heteroatoms. The van der Waals surface area contributed by atoms with Gasteiger partial charge in [0.15, 0.2) is 5.17 Å². The Morgan fingerprint density at radius 2 is 2.15 bits per heavy atom. The van der Waals surface area contributed by atoms with E-state index in [0.717, 1.165) is 23.4 Å². The summed E-state index contributed by atoms with van der Waals surface area (Å²) < 4.78 is 0. The number of nitrogens with one attached hydrogen (secondary N) is 1. The molecule has 2 rings (SSSR count). The maximum absolute atomic E-state index is 7.38. The van der Waals surface area contributed by atoms with Gasteiger partial charge in [0.2, 0.25) is 0 Å². The Labute approximate surface area is 123 Å². The lowest BCUT2D eigenvalue weighted by molar-refractivity contribution is 0.575. The minimum atomic E-state index is -0.133. The first-order chi connectivity index (χ1) is 9.45. The van der Waals surface area contributed by atoms with Crippen LogP contribution >= 0.6 is 11.8 Å². The third kappa shape index (κ3) is 2.93. The SMILES string of the molecule is CCc1c(C(C)(C)CSC(=N)N)ncc2ncccc12. The summed E-state index contributed by atoms with van der Waals surface area (Å²) in [7, 11) is 0. The number of thioether (sulfide) groups is 1. The van der Waals surface area contributed by atoms with Crippen molar-refractivity contribution < 1.29 is 0 Å². The van der Waals surface area contributed by atoms with E-state index in [9.17, 15) is 0 Å². The second kappa shape index (κ2) is 5.79. The van der Waals surface area contributed by atoms with Gasteiger partial charge in [-0.3, -0.25) is 15.4 Å². The summed E-state index contributed by atoms with van der Waals surface area (Å²) in [4.78, 5) is 9.01. The maximum atomic E-state index is 7.38.